The largest absolute Gasteiger partial charge is 0.445 e. The first-order chi connectivity index (χ1) is 20.9. The number of carbonyl (C=O) groups excluding carboxylic acids is 4. The van der Waals surface area contributed by atoms with Gasteiger partial charge < -0.3 is 31.5 Å². The van der Waals surface area contributed by atoms with Crippen LogP contribution in [0.4, 0.5) is 4.79 Å². The van der Waals surface area contributed by atoms with Crippen molar-refractivity contribution in [1.29, 1.82) is 0 Å². The summed E-state index contributed by atoms with van der Waals surface area (Å²) >= 11 is 1.42. The van der Waals surface area contributed by atoms with Gasteiger partial charge in [-0.25, -0.2) is 4.79 Å². The number of aliphatic hydroxyl groups is 1. The smallest absolute Gasteiger partial charge is 0.408 e. The molecule has 0 radical (unpaired) electrons. The summed E-state index contributed by atoms with van der Waals surface area (Å²) in [6.45, 7) is 5.60. The van der Waals surface area contributed by atoms with Gasteiger partial charge >= 0.3 is 6.09 Å². The molecule has 0 aromatic heterocycles. The molecule has 11 heteroatoms. The second-order valence-corrected chi connectivity index (χ2v) is 12.4. The number of alkyl carbamates (subject to hydrolysis) is 1. The van der Waals surface area contributed by atoms with Crippen LogP contribution in [0, 0.1) is 0 Å². The molecular weight excluding hydrogens is 580 g/mol. The van der Waals surface area contributed by atoms with Gasteiger partial charge in [0.05, 0.1) is 18.6 Å². The van der Waals surface area contributed by atoms with Crippen molar-refractivity contribution in [3.8, 4) is 0 Å². The Kier molecular flexibility index (Phi) is 12.8. The number of primary amides is 1. The van der Waals surface area contributed by atoms with Crippen molar-refractivity contribution >= 4 is 35.6 Å². The zero-order valence-electron chi connectivity index (χ0n) is 25.1. The predicted octanol–water partition coefficient (Wildman–Crippen LogP) is 3.57. The van der Waals surface area contributed by atoms with E-state index < -0.39 is 48.1 Å². The van der Waals surface area contributed by atoms with Crippen molar-refractivity contribution in [2.24, 2.45) is 5.73 Å². The maximum absolute atomic E-state index is 13.4. The Balaban J connectivity index is 1.77. The van der Waals surface area contributed by atoms with Crippen LogP contribution in [0.1, 0.15) is 48.7 Å². The highest BCUT2D eigenvalue weighted by atomic mass is 32.2. The molecule has 3 aromatic rings. The Morgan fingerprint density at radius 2 is 1.50 bits per heavy atom. The van der Waals surface area contributed by atoms with Crippen molar-refractivity contribution in [1.82, 2.24) is 16.0 Å². The molecule has 0 aliphatic heterocycles. The lowest BCUT2D eigenvalue weighted by Crippen LogP contribution is -2.54. The van der Waals surface area contributed by atoms with Gasteiger partial charge in [-0.3, -0.25) is 14.4 Å². The van der Waals surface area contributed by atoms with E-state index in [4.69, 9.17) is 10.5 Å². The molecule has 234 valence electrons. The lowest BCUT2D eigenvalue weighted by Gasteiger charge is -2.27. The minimum atomic E-state index is -1.34. The van der Waals surface area contributed by atoms with Crippen LogP contribution in [0.15, 0.2) is 89.8 Å². The first kappa shape index (κ1) is 34.1. The number of rotatable bonds is 14. The summed E-state index contributed by atoms with van der Waals surface area (Å²) in [5.41, 5.74) is 6.68. The van der Waals surface area contributed by atoms with E-state index in [-0.39, 0.29) is 24.7 Å². The first-order valence-corrected chi connectivity index (χ1v) is 15.2. The predicted molar refractivity (Wildman–Crippen MR) is 170 cm³/mol. The van der Waals surface area contributed by atoms with E-state index >= 15 is 0 Å². The number of hydrogen-bond donors (Lipinski definition) is 5. The summed E-state index contributed by atoms with van der Waals surface area (Å²) in [5.74, 6) is -1.53. The lowest BCUT2D eigenvalue weighted by atomic mass is 9.97. The average molecular weight is 621 g/mol. The summed E-state index contributed by atoms with van der Waals surface area (Å²) in [7, 11) is 0. The monoisotopic (exact) mass is 620 g/mol. The fourth-order valence-corrected chi connectivity index (χ4v) is 5.27. The lowest BCUT2D eigenvalue weighted by molar-refractivity contribution is -0.128. The van der Waals surface area contributed by atoms with E-state index in [9.17, 15) is 24.3 Å². The fourth-order valence-electron chi connectivity index (χ4n) is 4.25. The standard InChI is InChI=1S/C33H40N4O6S/c1-33(2,3)37-30(40)25-17-11-10-14-23(25)18-28(38)27(21-44-24-15-8-5-9-16-24)35-31(41)26(19-29(34)39)36-32(42)43-20-22-12-6-4-7-13-22/h4-17,26-28,38H,18-21H2,1-3H3,(H2,34,39)(H,35,41)(H,36,42)(H,37,40)/t26-,27-,28+/m0/s1. The zero-order chi connectivity index (χ0) is 32.1. The van der Waals surface area contributed by atoms with Gasteiger partial charge in [-0.15, -0.1) is 11.8 Å². The van der Waals surface area contributed by atoms with Crippen LogP contribution in [-0.2, 0) is 27.4 Å². The average Bonchev–Trinajstić information content (AvgIpc) is 2.98. The van der Waals surface area contributed by atoms with E-state index in [0.717, 1.165) is 10.5 Å². The molecule has 0 spiro atoms. The number of aliphatic hydroxyl groups excluding tert-OH is 1. The zero-order valence-corrected chi connectivity index (χ0v) is 25.9. The Morgan fingerprint density at radius 3 is 2.14 bits per heavy atom. The third kappa shape index (κ3) is 11.7. The molecule has 10 nitrogen and oxygen atoms in total. The fraction of sp³-hybridized carbons (Fsp3) is 0.333. The highest BCUT2D eigenvalue weighted by molar-refractivity contribution is 7.99. The van der Waals surface area contributed by atoms with Gasteiger partial charge in [0.1, 0.15) is 12.6 Å². The molecule has 0 aliphatic rings. The van der Waals surface area contributed by atoms with E-state index in [1.807, 2.05) is 57.2 Å². The number of ether oxygens (including phenoxy) is 1. The third-order valence-corrected chi connectivity index (χ3v) is 7.50. The Hall–Kier alpha value is -4.35. The van der Waals surface area contributed by atoms with E-state index in [0.29, 0.717) is 11.1 Å². The molecule has 0 bridgehead atoms. The van der Waals surface area contributed by atoms with Crippen molar-refractivity contribution in [3.63, 3.8) is 0 Å². The van der Waals surface area contributed by atoms with Gasteiger partial charge in [-0.2, -0.15) is 0 Å². The van der Waals surface area contributed by atoms with Gasteiger partial charge in [0, 0.05) is 28.2 Å². The summed E-state index contributed by atoms with van der Waals surface area (Å²) < 4.78 is 5.22. The summed E-state index contributed by atoms with van der Waals surface area (Å²) in [4.78, 5) is 51.7. The molecule has 0 saturated carbocycles. The van der Waals surface area contributed by atoms with Crippen LogP contribution in [0.2, 0.25) is 0 Å². The molecule has 0 heterocycles. The van der Waals surface area contributed by atoms with Crippen LogP contribution in [0.3, 0.4) is 0 Å². The number of carbonyl (C=O) groups is 4. The topological polar surface area (TPSA) is 160 Å². The summed E-state index contributed by atoms with van der Waals surface area (Å²) in [6.07, 6.45) is -2.44. The van der Waals surface area contributed by atoms with Crippen LogP contribution in [0.5, 0.6) is 0 Å². The van der Waals surface area contributed by atoms with Crippen LogP contribution in [0.25, 0.3) is 0 Å². The second-order valence-electron chi connectivity index (χ2n) is 11.3. The number of benzene rings is 3. The number of hydrogen-bond acceptors (Lipinski definition) is 7. The molecule has 3 aromatic carbocycles. The maximum Gasteiger partial charge on any atom is 0.408 e. The normalized spacial score (nSPS) is 13.2. The van der Waals surface area contributed by atoms with E-state index in [2.05, 4.69) is 16.0 Å². The Bertz CT molecular complexity index is 1400. The highest BCUT2D eigenvalue weighted by Gasteiger charge is 2.30. The minimum absolute atomic E-state index is 0.0329. The number of thioether (sulfide) groups is 1. The summed E-state index contributed by atoms with van der Waals surface area (Å²) in [6, 6.07) is 23.2. The summed E-state index contributed by atoms with van der Waals surface area (Å²) in [5, 5.41) is 19.6. The molecule has 0 aliphatic carbocycles. The van der Waals surface area contributed by atoms with Crippen LogP contribution >= 0.6 is 11.8 Å². The molecule has 4 amide bonds. The van der Waals surface area contributed by atoms with Crippen molar-refractivity contribution in [2.75, 3.05) is 5.75 Å². The minimum Gasteiger partial charge on any atom is -0.445 e. The quantitative estimate of drug-likeness (QED) is 0.172. The van der Waals surface area contributed by atoms with Gasteiger partial charge in [0.2, 0.25) is 11.8 Å². The van der Waals surface area contributed by atoms with Crippen LogP contribution in [-0.4, -0.2) is 58.4 Å². The molecule has 3 rings (SSSR count). The molecule has 3 atom stereocenters. The maximum atomic E-state index is 13.4. The molecule has 44 heavy (non-hydrogen) atoms. The van der Waals surface area contributed by atoms with Gasteiger partial charge in [0.15, 0.2) is 0 Å². The molecule has 0 fully saturated rings. The Labute approximate surface area is 262 Å². The molecule has 0 unspecified atom stereocenters. The van der Waals surface area contributed by atoms with Gasteiger partial charge in [-0.1, -0.05) is 66.7 Å². The molecular formula is C33H40N4O6S. The number of amides is 4. The van der Waals surface area contributed by atoms with Crippen molar-refractivity contribution < 1.29 is 29.0 Å². The number of nitrogens with one attached hydrogen (secondary N) is 3. The third-order valence-electron chi connectivity index (χ3n) is 6.37. The van der Waals surface area contributed by atoms with Gasteiger partial charge in [-0.05, 0) is 50.1 Å². The molecule has 6 N–H and O–H groups in total. The van der Waals surface area contributed by atoms with E-state index in [1.54, 1.807) is 48.5 Å². The Morgan fingerprint density at radius 1 is 0.886 bits per heavy atom. The molecule has 0 saturated heterocycles. The van der Waals surface area contributed by atoms with E-state index in [1.165, 1.54) is 11.8 Å². The van der Waals surface area contributed by atoms with Crippen molar-refractivity contribution in [3.05, 3.63) is 102 Å². The van der Waals surface area contributed by atoms with Gasteiger partial charge in [0.25, 0.3) is 5.91 Å². The van der Waals surface area contributed by atoms with Crippen molar-refractivity contribution in [2.45, 2.75) is 68.8 Å². The first-order valence-electron chi connectivity index (χ1n) is 14.2. The van der Waals surface area contributed by atoms with Crippen LogP contribution < -0.4 is 21.7 Å². The SMILES string of the molecule is CC(C)(C)NC(=O)c1ccccc1C[C@@H](O)[C@H](CSc1ccccc1)NC(=O)[C@H](CC(N)=O)NC(=O)OCc1ccccc1. The highest BCUT2D eigenvalue weighted by Crippen LogP contribution is 2.21. The number of nitrogens with two attached hydrogens (primary N) is 1. The second kappa shape index (κ2) is 16.5.